The molecule has 0 spiro atoms. The molecule has 114 valence electrons. The zero-order chi connectivity index (χ0) is 14.9. The Balaban J connectivity index is 1.48. The summed E-state index contributed by atoms with van der Waals surface area (Å²) in [6, 6.07) is 3.05. The molecule has 5 heteroatoms. The zero-order valence-electron chi connectivity index (χ0n) is 13.0. The zero-order valence-corrected chi connectivity index (χ0v) is 13.8. The third kappa shape index (κ3) is 3.79. The van der Waals surface area contributed by atoms with Gasteiger partial charge in [-0.15, -0.1) is 10.2 Å². The van der Waals surface area contributed by atoms with Gasteiger partial charge in [-0.1, -0.05) is 18.2 Å². The van der Waals surface area contributed by atoms with Crippen molar-refractivity contribution in [2.24, 2.45) is 5.41 Å². The van der Waals surface area contributed by atoms with E-state index in [0.29, 0.717) is 12.0 Å². The molecule has 4 nitrogen and oxygen atoms in total. The molecule has 3 rings (SSSR count). The van der Waals surface area contributed by atoms with Gasteiger partial charge < -0.3 is 4.57 Å². The second-order valence-corrected chi connectivity index (χ2v) is 8.08. The first kappa shape index (κ1) is 14.9. The average Bonchev–Trinajstić information content (AvgIpc) is 3.37. The molecule has 0 amide bonds. The van der Waals surface area contributed by atoms with E-state index in [1.54, 1.807) is 0 Å². The molecule has 0 unspecified atom stereocenters. The van der Waals surface area contributed by atoms with Crippen LogP contribution in [-0.4, -0.2) is 20.5 Å². The highest BCUT2D eigenvalue weighted by Gasteiger charge is 2.36. The van der Waals surface area contributed by atoms with Crippen LogP contribution in [0.5, 0.6) is 0 Å². The van der Waals surface area contributed by atoms with Crippen LogP contribution in [0.2, 0.25) is 0 Å². The number of aromatic nitrogens is 3. The van der Waals surface area contributed by atoms with Crippen molar-refractivity contribution in [2.45, 2.75) is 75.9 Å². The first-order valence-corrected chi connectivity index (χ1v) is 9.08. The summed E-state index contributed by atoms with van der Waals surface area (Å²) in [5.74, 6) is 3.01. The number of unbranched alkanes of at least 4 members (excludes halogenated alkanes) is 1. The van der Waals surface area contributed by atoms with Crippen molar-refractivity contribution in [3.63, 3.8) is 0 Å². The van der Waals surface area contributed by atoms with E-state index in [4.69, 9.17) is 5.26 Å². The smallest absolute Gasteiger partial charge is 0.191 e. The molecular formula is C16H24N4S. The second-order valence-electron chi connectivity index (χ2n) is 7.02. The SMILES string of the molecule is CC(C)(C#N)CCCCSc1nnc(C2CC2)n1C1CC1. The maximum Gasteiger partial charge on any atom is 0.191 e. The summed E-state index contributed by atoms with van der Waals surface area (Å²) in [6.07, 6.45) is 8.40. The van der Waals surface area contributed by atoms with Crippen molar-refractivity contribution >= 4 is 11.8 Å². The van der Waals surface area contributed by atoms with Gasteiger partial charge in [0.15, 0.2) is 5.16 Å². The number of rotatable bonds is 8. The molecule has 2 aliphatic rings. The molecule has 0 bridgehead atoms. The quantitative estimate of drug-likeness (QED) is 0.530. The van der Waals surface area contributed by atoms with Gasteiger partial charge in [-0.05, 0) is 52.4 Å². The summed E-state index contributed by atoms with van der Waals surface area (Å²) in [5, 5.41) is 19.0. The normalized spacial score (nSPS) is 18.7. The summed E-state index contributed by atoms with van der Waals surface area (Å²) in [5.41, 5.74) is -0.183. The molecule has 1 heterocycles. The number of thioether (sulfide) groups is 1. The van der Waals surface area contributed by atoms with Crippen LogP contribution in [0.3, 0.4) is 0 Å². The molecule has 21 heavy (non-hydrogen) atoms. The summed E-state index contributed by atoms with van der Waals surface area (Å²) in [6.45, 7) is 4.04. The van der Waals surface area contributed by atoms with E-state index in [1.807, 2.05) is 25.6 Å². The molecule has 0 aliphatic heterocycles. The maximum atomic E-state index is 9.02. The highest BCUT2D eigenvalue weighted by atomic mass is 32.2. The lowest BCUT2D eigenvalue weighted by Crippen LogP contribution is -2.07. The number of hydrogen-bond donors (Lipinski definition) is 0. The minimum Gasteiger partial charge on any atom is -0.303 e. The molecule has 1 aromatic rings. The van der Waals surface area contributed by atoms with Crippen LogP contribution in [0.25, 0.3) is 0 Å². The summed E-state index contributed by atoms with van der Waals surface area (Å²) >= 11 is 1.85. The molecule has 2 saturated carbocycles. The Labute approximate surface area is 131 Å². The van der Waals surface area contributed by atoms with Crippen LogP contribution >= 0.6 is 11.8 Å². The van der Waals surface area contributed by atoms with E-state index >= 15 is 0 Å². The van der Waals surface area contributed by atoms with Gasteiger partial charge in [-0.3, -0.25) is 0 Å². The van der Waals surface area contributed by atoms with Gasteiger partial charge in [0.1, 0.15) is 5.82 Å². The predicted octanol–water partition coefficient (Wildman–Crippen LogP) is 4.30. The van der Waals surface area contributed by atoms with Crippen molar-refractivity contribution in [3.8, 4) is 6.07 Å². The van der Waals surface area contributed by atoms with Crippen LogP contribution in [0.4, 0.5) is 0 Å². The Bertz CT molecular complexity index is 535. The van der Waals surface area contributed by atoms with E-state index in [0.717, 1.165) is 30.2 Å². The van der Waals surface area contributed by atoms with Crippen LogP contribution in [0, 0.1) is 16.7 Å². The third-order valence-electron chi connectivity index (χ3n) is 4.28. The summed E-state index contributed by atoms with van der Waals surface area (Å²) in [4.78, 5) is 0. The van der Waals surface area contributed by atoms with E-state index < -0.39 is 0 Å². The minimum atomic E-state index is -0.183. The van der Waals surface area contributed by atoms with Gasteiger partial charge in [0.05, 0.1) is 11.5 Å². The van der Waals surface area contributed by atoms with Gasteiger partial charge in [-0.25, -0.2) is 0 Å². The van der Waals surface area contributed by atoms with Crippen LogP contribution in [-0.2, 0) is 0 Å². The van der Waals surface area contributed by atoms with Crippen LogP contribution in [0.15, 0.2) is 5.16 Å². The Kier molecular flexibility index (Phi) is 4.26. The van der Waals surface area contributed by atoms with Crippen LogP contribution < -0.4 is 0 Å². The molecule has 0 N–H and O–H groups in total. The highest BCUT2D eigenvalue weighted by molar-refractivity contribution is 7.99. The standard InChI is InChI=1S/C16H24N4S/c1-16(2,11-17)9-3-4-10-21-15-19-18-14(12-5-6-12)20(15)13-7-8-13/h12-13H,3-10H2,1-2H3. The molecule has 2 fully saturated rings. The van der Waals surface area contributed by atoms with Gasteiger partial charge >= 0.3 is 0 Å². The molecule has 1 aromatic heterocycles. The molecule has 0 atom stereocenters. The van der Waals surface area contributed by atoms with Gasteiger partial charge in [-0.2, -0.15) is 5.26 Å². The Morgan fingerprint density at radius 3 is 2.62 bits per heavy atom. The fourth-order valence-electron chi connectivity index (χ4n) is 2.57. The Morgan fingerprint density at radius 1 is 1.24 bits per heavy atom. The van der Waals surface area contributed by atoms with Crippen molar-refractivity contribution in [1.29, 1.82) is 5.26 Å². The fourth-order valence-corrected chi connectivity index (χ4v) is 3.58. The monoisotopic (exact) mass is 304 g/mol. The topological polar surface area (TPSA) is 54.5 Å². The number of nitrogens with zero attached hydrogens (tertiary/aromatic N) is 4. The summed E-state index contributed by atoms with van der Waals surface area (Å²) in [7, 11) is 0. The summed E-state index contributed by atoms with van der Waals surface area (Å²) < 4.78 is 2.42. The van der Waals surface area contributed by atoms with E-state index in [1.165, 1.54) is 31.5 Å². The maximum absolute atomic E-state index is 9.02. The first-order chi connectivity index (χ1) is 10.1. The third-order valence-corrected chi connectivity index (χ3v) is 5.30. The molecule has 2 aliphatic carbocycles. The van der Waals surface area contributed by atoms with Gasteiger partial charge in [0.25, 0.3) is 0 Å². The lowest BCUT2D eigenvalue weighted by molar-refractivity contribution is 0.433. The number of hydrogen-bond acceptors (Lipinski definition) is 4. The van der Waals surface area contributed by atoms with Gasteiger partial charge in [0.2, 0.25) is 0 Å². The molecule has 0 aromatic carbocycles. The lowest BCUT2D eigenvalue weighted by atomic mass is 9.89. The molecule has 0 saturated heterocycles. The average molecular weight is 304 g/mol. The van der Waals surface area contributed by atoms with Crippen molar-refractivity contribution < 1.29 is 0 Å². The minimum absolute atomic E-state index is 0.183. The van der Waals surface area contributed by atoms with Crippen LogP contribution in [0.1, 0.15) is 76.6 Å². The van der Waals surface area contributed by atoms with E-state index in [9.17, 15) is 0 Å². The second kappa shape index (κ2) is 6.00. The fraction of sp³-hybridized carbons (Fsp3) is 0.812. The van der Waals surface area contributed by atoms with Crippen molar-refractivity contribution in [1.82, 2.24) is 14.8 Å². The largest absolute Gasteiger partial charge is 0.303 e. The van der Waals surface area contributed by atoms with Gasteiger partial charge in [0, 0.05) is 17.7 Å². The first-order valence-electron chi connectivity index (χ1n) is 8.09. The predicted molar refractivity (Wildman–Crippen MR) is 84.2 cm³/mol. The Hall–Kier alpha value is -1.02. The van der Waals surface area contributed by atoms with E-state index in [-0.39, 0.29) is 5.41 Å². The lowest BCUT2D eigenvalue weighted by Gasteiger charge is -2.14. The molecular weight excluding hydrogens is 280 g/mol. The van der Waals surface area contributed by atoms with Crippen molar-refractivity contribution in [2.75, 3.05) is 5.75 Å². The molecule has 0 radical (unpaired) electrons. The Morgan fingerprint density at radius 2 is 2.00 bits per heavy atom. The highest BCUT2D eigenvalue weighted by Crippen LogP contribution is 2.46. The number of nitriles is 1. The van der Waals surface area contributed by atoms with Crippen molar-refractivity contribution in [3.05, 3.63) is 5.82 Å². The van der Waals surface area contributed by atoms with E-state index in [2.05, 4.69) is 20.8 Å².